The van der Waals surface area contributed by atoms with Gasteiger partial charge in [0.1, 0.15) is 0 Å². The molecule has 4 rings (SSSR count). The van der Waals surface area contributed by atoms with Crippen molar-refractivity contribution in [1.82, 2.24) is 9.97 Å². The van der Waals surface area contributed by atoms with E-state index in [4.69, 9.17) is 9.47 Å². The number of benzene rings is 2. The number of fused-ring (bicyclic) bond motifs is 2. The molecule has 0 bridgehead atoms. The van der Waals surface area contributed by atoms with Crippen LogP contribution in [0.2, 0.25) is 0 Å². The number of H-pyrrole nitrogens is 1. The quantitative estimate of drug-likeness (QED) is 0.272. The van der Waals surface area contributed by atoms with Crippen LogP contribution in [0, 0.1) is 10.1 Å². The third-order valence-electron chi connectivity index (χ3n) is 4.16. The van der Waals surface area contributed by atoms with Gasteiger partial charge < -0.3 is 19.8 Å². The number of nitro groups is 1. The summed E-state index contributed by atoms with van der Waals surface area (Å²) in [6.07, 6.45) is 0. The SMILES string of the molecule is CC(=O)c1cc2c(cc1NC(=O)CSc1nc3ccc([N+](=O)[O-])cc3[nH]1)OCO2. The molecule has 148 valence electrons. The zero-order valence-electron chi connectivity index (χ0n) is 15.1. The normalized spacial score (nSPS) is 12.2. The van der Waals surface area contributed by atoms with E-state index in [0.29, 0.717) is 38.9 Å². The van der Waals surface area contributed by atoms with Crippen molar-refractivity contribution in [3.05, 3.63) is 46.0 Å². The summed E-state index contributed by atoms with van der Waals surface area (Å²) in [5, 5.41) is 14.0. The second-order valence-corrected chi connectivity index (χ2v) is 7.11. The number of imidazole rings is 1. The van der Waals surface area contributed by atoms with Gasteiger partial charge in [0.25, 0.3) is 5.69 Å². The highest BCUT2D eigenvalue weighted by Crippen LogP contribution is 2.37. The molecule has 0 atom stereocenters. The number of carbonyl (C=O) groups excluding carboxylic acids is 2. The molecule has 0 spiro atoms. The Kier molecular flexibility index (Phi) is 4.80. The highest BCUT2D eigenvalue weighted by atomic mass is 32.2. The summed E-state index contributed by atoms with van der Waals surface area (Å²) >= 11 is 1.14. The number of Topliss-reactive ketones (excluding diaryl/α,β-unsaturated/α-hetero) is 1. The number of nitrogens with one attached hydrogen (secondary N) is 2. The van der Waals surface area contributed by atoms with Gasteiger partial charge in [0.2, 0.25) is 12.7 Å². The van der Waals surface area contributed by atoms with Crippen molar-refractivity contribution in [2.24, 2.45) is 0 Å². The number of ketones is 1. The van der Waals surface area contributed by atoms with Crippen LogP contribution < -0.4 is 14.8 Å². The van der Waals surface area contributed by atoms with Crippen LogP contribution in [0.3, 0.4) is 0 Å². The van der Waals surface area contributed by atoms with E-state index in [9.17, 15) is 19.7 Å². The van der Waals surface area contributed by atoms with E-state index in [1.807, 2.05) is 0 Å². The van der Waals surface area contributed by atoms with Crippen molar-refractivity contribution in [1.29, 1.82) is 0 Å². The number of hydrogen-bond donors (Lipinski definition) is 2. The maximum atomic E-state index is 12.4. The number of nitro benzene ring substituents is 1. The average Bonchev–Trinajstić information content (AvgIpc) is 3.30. The van der Waals surface area contributed by atoms with Crippen LogP contribution in [0.15, 0.2) is 35.5 Å². The molecule has 0 unspecified atom stereocenters. The van der Waals surface area contributed by atoms with Gasteiger partial charge in [-0.1, -0.05) is 11.8 Å². The molecule has 0 saturated carbocycles. The Hall–Kier alpha value is -3.60. The minimum Gasteiger partial charge on any atom is -0.454 e. The second kappa shape index (κ2) is 7.43. The molecule has 0 aliphatic carbocycles. The van der Waals surface area contributed by atoms with Gasteiger partial charge >= 0.3 is 0 Å². The number of aromatic amines is 1. The first-order valence-corrected chi connectivity index (χ1v) is 9.40. The number of thioether (sulfide) groups is 1. The van der Waals surface area contributed by atoms with E-state index in [1.54, 1.807) is 18.2 Å². The lowest BCUT2D eigenvalue weighted by Gasteiger charge is -2.10. The fourth-order valence-electron chi connectivity index (χ4n) is 2.81. The van der Waals surface area contributed by atoms with Crippen LogP contribution in [-0.4, -0.2) is 39.1 Å². The highest BCUT2D eigenvalue weighted by molar-refractivity contribution is 7.99. The number of hydrogen-bond acceptors (Lipinski definition) is 8. The Balaban J connectivity index is 1.46. The summed E-state index contributed by atoms with van der Waals surface area (Å²) in [7, 11) is 0. The van der Waals surface area contributed by atoms with Gasteiger partial charge in [0, 0.05) is 23.8 Å². The van der Waals surface area contributed by atoms with Crippen LogP contribution in [-0.2, 0) is 4.79 Å². The predicted molar refractivity (Wildman–Crippen MR) is 105 cm³/mol. The maximum Gasteiger partial charge on any atom is 0.271 e. The van der Waals surface area contributed by atoms with Crippen molar-refractivity contribution in [3.8, 4) is 11.5 Å². The summed E-state index contributed by atoms with van der Waals surface area (Å²) in [4.78, 5) is 41.9. The van der Waals surface area contributed by atoms with Crippen molar-refractivity contribution in [3.63, 3.8) is 0 Å². The van der Waals surface area contributed by atoms with Gasteiger partial charge in [-0.3, -0.25) is 19.7 Å². The molecule has 10 nitrogen and oxygen atoms in total. The molecule has 2 aromatic carbocycles. The number of aromatic nitrogens is 2. The van der Waals surface area contributed by atoms with Crippen molar-refractivity contribution in [2.75, 3.05) is 17.9 Å². The van der Waals surface area contributed by atoms with Crippen LogP contribution in [0.1, 0.15) is 17.3 Å². The number of non-ortho nitro benzene ring substituents is 1. The van der Waals surface area contributed by atoms with E-state index in [2.05, 4.69) is 15.3 Å². The Bertz CT molecular complexity index is 1160. The standard InChI is InChI=1S/C18H14N4O6S/c1-9(23)11-5-15-16(28-8-27-15)6-13(11)19-17(24)7-29-18-20-12-3-2-10(22(25)26)4-14(12)21-18/h2-6H,7-8H2,1H3,(H,19,24)(H,20,21). The lowest BCUT2D eigenvalue weighted by molar-refractivity contribution is -0.384. The van der Waals surface area contributed by atoms with E-state index in [0.717, 1.165) is 11.8 Å². The van der Waals surface area contributed by atoms with Crippen LogP contribution in [0.25, 0.3) is 11.0 Å². The summed E-state index contributed by atoms with van der Waals surface area (Å²) < 4.78 is 10.6. The molecule has 1 aliphatic rings. The minimum absolute atomic E-state index is 0.0215. The molecule has 11 heteroatoms. The molecule has 0 fully saturated rings. The first kappa shape index (κ1) is 18.7. The van der Waals surface area contributed by atoms with Crippen LogP contribution >= 0.6 is 11.8 Å². The summed E-state index contributed by atoms with van der Waals surface area (Å²) in [5.41, 5.74) is 1.69. The number of anilines is 1. The van der Waals surface area contributed by atoms with E-state index in [-0.39, 0.29) is 29.9 Å². The summed E-state index contributed by atoms with van der Waals surface area (Å²) in [6.45, 7) is 1.46. The largest absolute Gasteiger partial charge is 0.454 e. The van der Waals surface area contributed by atoms with E-state index in [1.165, 1.54) is 19.1 Å². The fraction of sp³-hybridized carbons (Fsp3) is 0.167. The number of rotatable bonds is 6. The van der Waals surface area contributed by atoms with Gasteiger partial charge in [-0.2, -0.15) is 0 Å². The Labute approximate surface area is 167 Å². The topological polar surface area (TPSA) is 136 Å². The van der Waals surface area contributed by atoms with Gasteiger partial charge in [-0.15, -0.1) is 0 Å². The Morgan fingerprint density at radius 2 is 2.03 bits per heavy atom. The first-order valence-electron chi connectivity index (χ1n) is 8.42. The number of nitrogens with zero attached hydrogens (tertiary/aromatic N) is 2. The highest BCUT2D eigenvalue weighted by Gasteiger charge is 2.20. The Morgan fingerprint density at radius 1 is 1.28 bits per heavy atom. The first-order chi connectivity index (χ1) is 13.9. The molecule has 29 heavy (non-hydrogen) atoms. The van der Waals surface area contributed by atoms with Gasteiger partial charge in [-0.25, -0.2) is 4.98 Å². The molecule has 0 radical (unpaired) electrons. The molecule has 2 heterocycles. The molecular weight excluding hydrogens is 400 g/mol. The smallest absolute Gasteiger partial charge is 0.271 e. The minimum atomic E-state index is -0.488. The third kappa shape index (κ3) is 3.85. The molecule has 1 aliphatic heterocycles. The summed E-state index contributed by atoms with van der Waals surface area (Å²) in [6, 6.07) is 7.40. The van der Waals surface area contributed by atoms with E-state index < -0.39 is 4.92 Å². The van der Waals surface area contributed by atoms with Crippen molar-refractivity contribution >= 4 is 45.9 Å². The molecule has 3 aromatic rings. The third-order valence-corrected chi connectivity index (χ3v) is 5.03. The predicted octanol–water partition coefficient (Wildman–Crippen LogP) is 3.13. The zero-order chi connectivity index (χ0) is 20.5. The molecular formula is C18H14N4O6S. The number of carbonyl (C=O) groups is 2. The van der Waals surface area contributed by atoms with E-state index >= 15 is 0 Å². The summed E-state index contributed by atoms with van der Waals surface area (Å²) in [5.74, 6) is 0.372. The Morgan fingerprint density at radius 3 is 2.76 bits per heavy atom. The maximum absolute atomic E-state index is 12.4. The lowest BCUT2D eigenvalue weighted by Crippen LogP contribution is -2.16. The van der Waals surface area contributed by atoms with Crippen LogP contribution in [0.5, 0.6) is 11.5 Å². The van der Waals surface area contributed by atoms with Gasteiger partial charge in [-0.05, 0) is 19.1 Å². The van der Waals surface area contributed by atoms with Crippen molar-refractivity contribution in [2.45, 2.75) is 12.1 Å². The van der Waals surface area contributed by atoms with Crippen molar-refractivity contribution < 1.29 is 24.0 Å². The van der Waals surface area contributed by atoms with Gasteiger partial charge in [0.05, 0.1) is 27.4 Å². The fourth-order valence-corrected chi connectivity index (χ4v) is 3.50. The van der Waals surface area contributed by atoms with Crippen LogP contribution in [0.4, 0.5) is 11.4 Å². The molecule has 0 saturated heterocycles. The number of amides is 1. The zero-order valence-corrected chi connectivity index (χ0v) is 15.9. The average molecular weight is 414 g/mol. The number of ether oxygens (including phenoxy) is 2. The van der Waals surface area contributed by atoms with Gasteiger partial charge in [0.15, 0.2) is 22.4 Å². The molecule has 2 N–H and O–H groups in total. The molecule has 1 amide bonds. The monoisotopic (exact) mass is 414 g/mol. The molecule has 1 aromatic heterocycles. The lowest BCUT2D eigenvalue weighted by atomic mass is 10.1. The second-order valence-electron chi connectivity index (χ2n) is 6.14.